The highest BCUT2D eigenvalue weighted by Gasteiger charge is 2.33. The lowest BCUT2D eigenvalue weighted by Gasteiger charge is -2.36. The van der Waals surface area contributed by atoms with Gasteiger partial charge in [0.15, 0.2) is 0 Å². The minimum atomic E-state index is -0.281. The third kappa shape index (κ3) is 4.86. The molecule has 1 aliphatic carbocycles. The summed E-state index contributed by atoms with van der Waals surface area (Å²) >= 11 is 13.6. The molecule has 1 aromatic heterocycles. The quantitative estimate of drug-likeness (QED) is 0.496. The Morgan fingerprint density at radius 3 is 2.83 bits per heavy atom. The lowest BCUT2D eigenvalue weighted by atomic mass is 9.69. The number of carbonyl (C=O) groups excluding carboxylic acids is 1. The van der Waals surface area contributed by atoms with Gasteiger partial charge in [0.25, 0.3) is 0 Å². The normalized spacial score (nSPS) is 16.5. The number of thiophene rings is 1. The maximum absolute atomic E-state index is 12.4. The second-order valence-corrected chi connectivity index (χ2v) is 10.0. The van der Waals surface area contributed by atoms with Gasteiger partial charge in [-0.2, -0.15) is 5.26 Å². The molecule has 0 aliphatic heterocycles. The first-order valence-electron chi connectivity index (χ1n) is 9.74. The maximum atomic E-state index is 12.4. The molecule has 1 aromatic carbocycles. The number of nitrogens with one attached hydrogen (secondary N) is 1. The summed E-state index contributed by atoms with van der Waals surface area (Å²) in [6.45, 7) is 6.86. The number of amides is 1. The van der Waals surface area contributed by atoms with E-state index in [-0.39, 0.29) is 11.3 Å². The van der Waals surface area contributed by atoms with E-state index in [0.717, 1.165) is 31.2 Å². The topological polar surface area (TPSA) is 52.9 Å². The maximum Gasteiger partial charge on any atom is 0.249 e. The van der Waals surface area contributed by atoms with E-state index in [1.165, 1.54) is 11.0 Å². The first-order valence-corrected chi connectivity index (χ1v) is 11.3. The van der Waals surface area contributed by atoms with Gasteiger partial charge in [0.2, 0.25) is 5.91 Å². The molecule has 3 nitrogen and oxygen atoms in total. The lowest BCUT2D eigenvalue weighted by molar-refractivity contribution is -0.111. The fraction of sp³-hybridized carbons (Fsp3) is 0.391. The Hall–Kier alpha value is -1.80. The molecule has 0 saturated heterocycles. The molecular weight excluding hydrogens is 423 g/mol. The van der Waals surface area contributed by atoms with Crippen molar-refractivity contribution < 1.29 is 4.79 Å². The van der Waals surface area contributed by atoms with E-state index in [4.69, 9.17) is 23.2 Å². The molecule has 1 N–H and O–H groups in total. The van der Waals surface area contributed by atoms with Crippen LogP contribution in [-0.4, -0.2) is 5.91 Å². The van der Waals surface area contributed by atoms with E-state index in [0.29, 0.717) is 32.1 Å². The van der Waals surface area contributed by atoms with E-state index >= 15 is 0 Å². The number of nitriles is 1. The van der Waals surface area contributed by atoms with Gasteiger partial charge in [-0.1, -0.05) is 56.5 Å². The number of anilines is 1. The second kappa shape index (κ2) is 8.92. The zero-order valence-corrected chi connectivity index (χ0v) is 19.1. The average Bonchev–Trinajstić information content (AvgIpc) is 3.03. The fourth-order valence-corrected chi connectivity index (χ4v) is 5.46. The molecule has 6 heteroatoms. The molecule has 3 rings (SSSR count). The monoisotopic (exact) mass is 446 g/mol. The number of rotatable bonds is 5. The SMILES string of the molecule is CCC(C)(C)C1CCc2c(sc(NC(=O)/C=C/c3ccc(Cl)cc3Cl)c2C#N)C1. The molecule has 0 radical (unpaired) electrons. The number of fused-ring (bicyclic) bond motifs is 1. The third-order valence-corrected chi connectivity index (χ3v) is 7.74. The van der Waals surface area contributed by atoms with Crippen LogP contribution < -0.4 is 5.32 Å². The number of benzene rings is 1. The zero-order chi connectivity index (χ0) is 21.2. The number of hydrogen-bond acceptors (Lipinski definition) is 3. The van der Waals surface area contributed by atoms with Crippen molar-refractivity contribution >= 4 is 51.5 Å². The van der Waals surface area contributed by atoms with Gasteiger partial charge in [0.05, 0.1) is 5.56 Å². The van der Waals surface area contributed by atoms with Gasteiger partial charge in [-0.25, -0.2) is 0 Å². The number of nitrogens with zero attached hydrogens (tertiary/aromatic N) is 1. The van der Waals surface area contributed by atoms with Crippen LogP contribution in [0.2, 0.25) is 10.0 Å². The van der Waals surface area contributed by atoms with Crippen LogP contribution in [0.5, 0.6) is 0 Å². The van der Waals surface area contributed by atoms with E-state index in [2.05, 4.69) is 32.2 Å². The van der Waals surface area contributed by atoms with Gasteiger partial charge in [0, 0.05) is 21.0 Å². The summed E-state index contributed by atoms with van der Waals surface area (Å²) in [7, 11) is 0. The first kappa shape index (κ1) is 21.9. The molecule has 1 heterocycles. The molecule has 1 aliphatic rings. The molecule has 29 heavy (non-hydrogen) atoms. The van der Waals surface area contributed by atoms with Crippen LogP contribution in [0.15, 0.2) is 24.3 Å². The molecule has 0 bridgehead atoms. The standard InChI is InChI=1S/C23H24Cl2N2OS/c1-4-23(2,3)15-7-9-17-18(13-26)22(29-20(17)11-15)27-21(28)10-6-14-5-8-16(24)12-19(14)25/h5-6,8,10,12,15H,4,7,9,11H2,1-3H3,(H,27,28)/b10-6+. The average molecular weight is 447 g/mol. The fourth-order valence-electron chi connectivity index (χ4n) is 3.70. The minimum absolute atomic E-state index is 0.276. The van der Waals surface area contributed by atoms with Crippen molar-refractivity contribution in [3.05, 3.63) is 55.9 Å². The number of carbonyl (C=O) groups is 1. The Kier molecular flexibility index (Phi) is 6.73. The van der Waals surface area contributed by atoms with Gasteiger partial charge < -0.3 is 5.32 Å². The number of halogens is 2. The van der Waals surface area contributed by atoms with Crippen LogP contribution in [-0.2, 0) is 17.6 Å². The summed E-state index contributed by atoms with van der Waals surface area (Å²) in [5.41, 5.74) is 2.71. The second-order valence-electron chi connectivity index (χ2n) is 8.09. The van der Waals surface area contributed by atoms with Crippen molar-refractivity contribution in [3.8, 4) is 6.07 Å². The van der Waals surface area contributed by atoms with Crippen LogP contribution in [0.1, 0.15) is 55.2 Å². The Morgan fingerprint density at radius 2 is 2.17 bits per heavy atom. The van der Waals surface area contributed by atoms with E-state index in [9.17, 15) is 10.1 Å². The van der Waals surface area contributed by atoms with Crippen molar-refractivity contribution in [1.82, 2.24) is 0 Å². The van der Waals surface area contributed by atoms with Crippen LogP contribution in [0, 0.1) is 22.7 Å². The molecular formula is C23H24Cl2N2OS. The summed E-state index contributed by atoms with van der Waals surface area (Å²) in [6.07, 6.45) is 7.16. The molecule has 2 aromatic rings. The van der Waals surface area contributed by atoms with Crippen LogP contribution in [0.3, 0.4) is 0 Å². The van der Waals surface area contributed by atoms with E-state index < -0.39 is 0 Å². The molecule has 0 fully saturated rings. The summed E-state index contributed by atoms with van der Waals surface area (Å²) in [5, 5.41) is 14.2. The molecule has 1 unspecified atom stereocenters. The smallest absolute Gasteiger partial charge is 0.249 e. The molecule has 0 saturated carbocycles. The highest BCUT2D eigenvalue weighted by atomic mass is 35.5. The van der Waals surface area contributed by atoms with Crippen LogP contribution in [0.25, 0.3) is 6.08 Å². The van der Waals surface area contributed by atoms with Crippen molar-refractivity contribution in [3.63, 3.8) is 0 Å². The van der Waals surface area contributed by atoms with Gasteiger partial charge >= 0.3 is 0 Å². The van der Waals surface area contributed by atoms with Gasteiger partial charge in [-0.3, -0.25) is 4.79 Å². The zero-order valence-electron chi connectivity index (χ0n) is 16.8. The largest absolute Gasteiger partial charge is 0.313 e. The molecule has 1 amide bonds. The molecule has 152 valence electrons. The molecule has 1 atom stereocenters. The highest BCUT2D eigenvalue weighted by Crippen LogP contribution is 2.45. The highest BCUT2D eigenvalue weighted by molar-refractivity contribution is 7.16. The Labute approximate surface area is 186 Å². The summed E-state index contributed by atoms with van der Waals surface area (Å²) in [6, 6.07) is 7.42. The van der Waals surface area contributed by atoms with Crippen LogP contribution in [0.4, 0.5) is 5.00 Å². The van der Waals surface area contributed by atoms with Crippen molar-refractivity contribution in [2.45, 2.75) is 46.5 Å². The van der Waals surface area contributed by atoms with Gasteiger partial charge in [-0.15, -0.1) is 11.3 Å². The van der Waals surface area contributed by atoms with Gasteiger partial charge in [0.1, 0.15) is 11.1 Å². The van der Waals surface area contributed by atoms with Crippen molar-refractivity contribution in [2.24, 2.45) is 11.3 Å². The Morgan fingerprint density at radius 1 is 1.41 bits per heavy atom. The minimum Gasteiger partial charge on any atom is -0.313 e. The van der Waals surface area contributed by atoms with Crippen molar-refractivity contribution in [2.75, 3.05) is 5.32 Å². The predicted molar refractivity (Wildman–Crippen MR) is 123 cm³/mol. The van der Waals surface area contributed by atoms with Crippen molar-refractivity contribution in [1.29, 1.82) is 5.26 Å². The number of hydrogen-bond donors (Lipinski definition) is 1. The summed E-state index contributed by atoms with van der Waals surface area (Å²) in [4.78, 5) is 13.7. The summed E-state index contributed by atoms with van der Waals surface area (Å²) in [5.74, 6) is 0.317. The first-order chi connectivity index (χ1) is 13.7. The third-order valence-electron chi connectivity index (χ3n) is 6.01. The molecule has 0 spiro atoms. The Bertz CT molecular complexity index is 1000. The van der Waals surface area contributed by atoms with Gasteiger partial charge in [-0.05, 0) is 59.9 Å². The predicted octanol–water partition coefficient (Wildman–Crippen LogP) is 7.12. The lowest BCUT2D eigenvalue weighted by Crippen LogP contribution is -2.28. The Balaban J connectivity index is 1.77. The summed E-state index contributed by atoms with van der Waals surface area (Å²) < 4.78 is 0. The van der Waals surface area contributed by atoms with E-state index in [1.54, 1.807) is 35.6 Å². The van der Waals surface area contributed by atoms with E-state index in [1.807, 2.05) is 0 Å². The van der Waals surface area contributed by atoms with Crippen LogP contribution >= 0.6 is 34.5 Å².